The Morgan fingerprint density at radius 3 is 2.27 bits per heavy atom. The number of alkyl carbamates (subject to hydrolysis) is 1. The van der Waals surface area contributed by atoms with Crippen molar-refractivity contribution in [2.75, 3.05) is 13.2 Å². The predicted octanol–water partition coefficient (Wildman–Crippen LogP) is 4.17. The number of carbonyl (C=O) groups excluding carboxylic acids is 1. The van der Waals surface area contributed by atoms with Crippen LogP contribution < -0.4 is 5.32 Å². The number of hydrogen-bond acceptors (Lipinski definition) is 5. The Balaban J connectivity index is 1.46. The Hall–Kier alpha value is -3.71. The van der Waals surface area contributed by atoms with Gasteiger partial charge in [0.15, 0.2) is 0 Å². The van der Waals surface area contributed by atoms with Crippen LogP contribution in [0.3, 0.4) is 0 Å². The number of hydrogen-bond donors (Lipinski definition) is 2. The summed E-state index contributed by atoms with van der Waals surface area (Å²) < 4.78 is 5.48. The topological polar surface area (TPSA) is 102 Å². The molecule has 30 heavy (non-hydrogen) atoms. The fourth-order valence-electron chi connectivity index (χ4n) is 3.87. The summed E-state index contributed by atoms with van der Waals surface area (Å²) in [6, 6.07) is 21.0. The number of nitrogens with zero attached hydrogens (tertiary/aromatic N) is 1. The number of benzene rings is 3. The van der Waals surface area contributed by atoms with Crippen LogP contribution >= 0.6 is 0 Å². The lowest BCUT2D eigenvalue weighted by molar-refractivity contribution is -0.384. The number of fused-ring (bicyclic) bond motifs is 3. The molecule has 0 saturated carbocycles. The summed E-state index contributed by atoms with van der Waals surface area (Å²) in [6.45, 7) is -0.266. The van der Waals surface area contributed by atoms with Crippen LogP contribution in [0.15, 0.2) is 72.8 Å². The first-order valence-corrected chi connectivity index (χ1v) is 9.55. The number of non-ortho nitro benzene ring substituents is 1. The SMILES string of the molecule is O=C(N[C@H](CO)c1cccc([N+](=O)[O-])c1)OCC1c2ccccc2-c2ccccc21. The molecule has 3 aromatic rings. The molecule has 0 spiro atoms. The molecular weight excluding hydrogens is 384 g/mol. The molecule has 0 heterocycles. The van der Waals surface area contributed by atoms with E-state index < -0.39 is 23.7 Å². The van der Waals surface area contributed by atoms with Crippen molar-refractivity contribution in [3.8, 4) is 11.1 Å². The van der Waals surface area contributed by atoms with Gasteiger partial charge in [0, 0.05) is 18.1 Å². The summed E-state index contributed by atoms with van der Waals surface area (Å²) in [7, 11) is 0. The molecule has 0 bridgehead atoms. The maximum atomic E-state index is 12.4. The molecule has 2 N–H and O–H groups in total. The van der Waals surface area contributed by atoms with E-state index in [1.54, 1.807) is 6.07 Å². The van der Waals surface area contributed by atoms with Gasteiger partial charge in [-0.1, -0.05) is 60.7 Å². The van der Waals surface area contributed by atoms with Gasteiger partial charge in [-0.15, -0.1) is 0 Å². The van der Waals surface area contributed by atoms with Gasteiger partial charge in [-0.3, -0.25) is 10.1 Å². The van der Waals surface area contributed by atoms with Gasteiger partial charge in [0.2, 0.25) is 0 Å². The van der Waals surface area contributed by atoms with Crippen LogP contribution in [0.4, 0.5) is 10.5 Å². The third kappa shape index (κ3) is 3.75. The van der Waals surface area contributed by atoms with Gasteiger partial charge in [0.1, 0.15) is 6.61 Å². The third-order valence-corrected chi connectivity index (χ3v) is 5.30. The lowest BCUT2D eigenvalue weighted by Crippen LogP contribution is -2.32. The zero-order valence-electron chi connectivity index (χ0n) is 16.0. The summed E-state index contributed by atoms with van der Waals surface area (Å²) >= 11 is 0. The van der Waals surface area contributed by atoms with E-state index >= 15 is 0 Å². The highest BCUT2D eigenvalue weighted by molar-refractivity contribution is 5.79. The molecule has 0 radical (unpaired) electrons. The molecule has 1 atom stereocenters. The number of nitro benzene ring substituents is 1. The van der Waals surface area contributed by atoms with Crippen LogP contribution in [0.2, 0.25) is 0 Å². The number of amides is 1. The molecule has 1 amide bonds. The quantitative estimate of drug-likeness (QED) is 0.474. The van der Waals surface area contributed by atoms with Gasteiger partial charge < -0.3 is 15.2 Å². The van der Waals surface area contributed by atoms with E-state index in [2.05, 4.69) is 17.4 Å². The van der Waals surface area contributed by atoms with E-state index in [4.69, 9.17) is 4.74 Å². The van der Waals surface area contributed by atoms with E-state index in [1.807, 2.05) is 36.4 Å². The molecule has 1 aliphatic carbocycles. The number of aliphatic hydroxyl groups is 1. The zero-order chi connectivity index (χ0) is 21.1. The smallest absolute Gasteiger partial charge is 0.407 e. The first-order chi connectivity index (χ1) is 14.6. The zero-order valence-corrected chi connectivity index (χ0v) is 16.0. The average Bonchev–Trinajstić information content (AvgIpc) is 3.10. The molecule has 7 nitrogen and oxygen atoms in total. The number of nitro groups is 1. The lowest BCUT2D eigenvalue weighted by atomic mass is 9.98. The fourth-order valence-corrected chi connectivity index (χ4v) is 3.87. The Morgan fingerprint density at radius 2 is 1.67 bits per heavy atom. The second-order valence-corrected chi connectivity index (χ2v) is 7.06. The predicted molar refractivity (Wildman–Crippen MR) is 111 cm³/mol. The van der Waals surface area contributed by atoms with Crippen molar-refractivity contribution < 1.29 is 19.6 Å². The highest BCUT2D eigenvalue weighted by Crippen LogP contribution is 2.44. The molecule has 0 saturated heterocycles. The van der Waals surface area contributed by atoms with E-state index in [-0.39, 0.29) is 18.2 Å². The minimum absolute atomic E-state index is 0.0754. The van der Waals surface area contributed by atoms with Crippen LogP contribution in [0.1, 0.15) is 28.7 Å². The molecule has 0 fully saturated rings. The average molecular weight is 404 g/mol. The van der Waals surface area contributed by atoms with Crippen molar-refractivity contribution >= 4 is 11.8 Å². The molecule has 1 aliphatic rings. The second kappa shape index (κ2) is 8.34. The van der Waals surface area contributed by atoms with Gasteiger partial charge in [0.25, 0.3) is 5.69 Å². The van der Waals surface area contributed by atoms with Crippen molar-refractivity contribution in [2.24, 2.45) is 0 Å². The number of ether oxygens (including phenoxy) is 1. The largest absolute Gasteiger partial charge is 0.449 e. The number of nitrogens with one attached hydrogen (secondary N) is 1. The summed E-state index contributed by atoms with van der Waals surface area (Å²) in [5.74, 6) is -0.0754. The lowest BCUT2D eigenvalue weighted by Gasteiger charge is -2.18. The van der Waals surface area contributed by atoms with Crippen LogP contribution in [-0.2, 0) is 4.74 Å². The number of carbonyl (C=O) groups is 1. The highest BCUT2D eigenvalue weighted by atomic mass is 16.6. The standard InChI is InChI=1S/C23H20N2O5/c26-13-22(15-6-5-7-16(12-15)25(28)29)24-23(27)30-14-21-19-10-3-1-8-17(19)18-9-2-4-11-20(18)21/h1-12,21-22,26H,13-14H2,(H,24,27)/t22-/m1/s1. The number of aliphatic hydroxyl groups excluding tert-OH is 1. The first-order valence-electron chi connectivity index (χ1n) is 9.55. The van der Waals surface area contributed by atoms with Crippen molar-refractivity contribution in [1.29, 1.82) is 0 Å². The van der Waals surface area contributed by atoms with Gasteiger partial charge in [-0.05, 0) is 27.8 Å². The molecule has 0 aromatic heterocycles. The maximum Gasteiger partial charge on any atom is 0.407 e. The minimum Gasteiger partial charge on any atom is -0.449 e. The van der Waals surface area contributed by atoms with Gasteiger partial charge in [-0.25, -0.2) is 4.79 Å². The van der Waals surface area contributed by atoms with Crippen molar-refractivity contribution in [2.45, 2.75) is 12.0 Å². The van der Waals surface area contributed by atoms with Gasteiger partial charge in [-0.2, -0.15) is 0 Å². The summed E-state index contributed by atoms with van der Waals surface area (Å²) in [4.78, 5) is 22.9. The van der Waals surface area contributed by atoms with E-state index in [1.165, 1.54) is 18.2 Å². The minimum atomic E-state index is -0.805. The molecule has 3 aromatic carbocycles. The maximum absolute atomic E-state index is 12.4. The summed E-state index contributed by atoms with van der Waals surface area (Å²) in [5, 5.41) is 23.2. The van der Waals surface area contributed by atoms with Gasteiger partial charge in [0.05, 0.1) is 17.6 Å². The van der Waals surface area contributed by atoms with Crippen LogP contribution in [0.25, 0.3) is 11.1 Å². The molecule has 7 heteroatoms. The van der Waals surface area contributed by atoms with Gasteiger partial charge >= 0.3 is 6.09 Å². The Labute approximate surface area is 173 Å². The van der Waals surface area contributed by atoms with Crippen molar-refractivity contribution in [3.05, 3.63) is 99.6 Å². The number of rotatable bonds is 6. The van der Waals surface area contributed by atoms with E-state index in [0.29, 0.717) is 5.56 Å². The molecule has 0 unspecified atom stereocenters. The molecular formula is C23H20N2O5. The van der Waals surface area contributed by atoms with Crippen molar-refractivity contribution in [3.63, 3.8) is 0 Å². The summed E-state index contributed by atoms with van der Waals surface area (Å²) in [5.41, 5.74) is 4.78. The molecule has 0 aliphatic heterocycles. The second-order valence-electron chi connectivity index (χ2n) is 7.06. The monoisotopic (exact) mass is 404 g/mol. The third-order valence-electron chi connectivity index (χ3n) is 5.30. The van der Waals surface area contributed by atoms with Crippen LogP contribution in [-0.4, -0.2) is 29.3 Å². The van der Waals surface area contributed by atoms with Crippen molar-refractivity contribution in [1.82, 2.24) is 5.32 Å². The normalized spacial score (nSPS) is 13.2. The van der Waals surface area contributed by atoms with E-state index in [9.17, 15) is 20.0 Å². The first kappa shape index (κ1) is 19.6. The fraction of sp³-hybridized carbons (Fsp3) is 0.174. The molecule has 152 valence electrons. The Kier molecular flexibility index (Phi) is 5.45. The summed E-state index contributed by atoms with van der Waals surface area (Å²) in [6.07, 6.45) is -0.692. The Bertz CT molecular complexity index is 1050. The van der Waals surface area contributed by atoms with Crippen LogP contribution in [0.5, 0.6) is 0 Å². The van der Waals surface area contributed by atoms with E-state index in [0.717, 1.165) is 22.3 Å². The van der Waals surface area contributed by atoms with Crippen LogP contribution in [0, 0.1) is 10.1 Å². The highest BCUT2D eigenvalue weighted by Gasteiger charge is 2.29. The molecule has 4 rings (SSSR count). The Morgan fingerprint density at radius 1 is 1.03 bits per heavy atom.